The van der Waals surface area contributed by atoms with Crippen LogP contribution in [0, 0.1) is 0 Å². The zero-order valence-corrected chi connectivity index (χ0v) is 29.1. The Kier molecular flexibility index (Phi) is 15.1. The summed E-state index contributed by atoms with van der Waals surface area (Å²) >= 11 is 0. The number of benzene rings is 2. The third-order valence-electron chi connectivity index (χ3n) is 7.01. The Bertz CT molecular complexity index is 1070. The lowest BCUT2D eigenvalue weighted by atomic mass is 9.78. The Morgan fingerprint density at radius 1 is 0.477 bits per heavy atom. The fraction of sp³-hybridized carbons (Fsp3) is 0.611. The van der Waals surface area contributed by atoms with Gasteiger partial charge in [-0.15, -0.1) is 0 Å². The number of aliphatic hydroxyl groups excluding tert-OH is 2. The molecular weight excluding hydrogens is 560 g/mol. The van der Waals surface area contributed by atoms with Crippen molar-refractivity contribution in [1.29, 1.82) is 0 Å². The van der Waals surface area contributed by atoms with Gasteiger partial charge in [0.05, 0.1) is 11.1 Å². The molecule has 0 saturated carbocycles. The second kappa shape index (κ2) is 16.3. The molecule has 44 heavy (non-hydrogen) atoms. The lowest BCUT2D eigenvalue weighted by molar-refractivity contribution is 0.0685. The first-order valence-electron chi connectivity index (χ1n) is 15.2. The maximum absolute atomic E-state index is 11.2. The van der Waals surface area contributed by atoms with Crippen LogP contribution in [0.5, 0.6) is 11.5 Å². The average molecular weight is 619 g/mol. The SMILES string of the molecule is CC(C)(C)c1cc(C(=O)O)cc(C(C)(C)C)c1O.CC(C)(C)c1cc(C(=O)O)cc(C(C)(C)C)c1O.OCCCCCCO. The molecule has 0 unspecified atom stereocenters. The van der Waals surface area contributed by atoms with E-state index in [0.717, 1.165) is 25.7 Å². The van der Waals surface area contributed by atoms with Crippen LogP contribution in [-0.4, -0.2) is 55.8 Å². The number of aliphatic hydroxyl groups is 2. The van der Waals surface area contributed by atoms with E-state index in [1.54, 1.807) is 24.3 Å². The number of aromatic carboxylic acids is 2. The molecule has 0 saturated heterocycles. The van der Waals surface area contributed by atoms with E-state index in [-0.39, 0.29) is 57.5 Å². The molecule has 250 valence electrons. The fourth-order valence-corrected chi connectivity index (χ4v) is 4.38. The molecular formula is C36H58O8. The van der Waals surface area contributed by atoms with E-state index in [1.165, 1.54) is 0 Å². The molecule has 8 nitrogen and oxygen atoms in total. The van der Waals surface area contributed by atoms with Crippen molar-refractivity contribution in [2.45, 2.75) is 130 Å². The van der Waals surface area contributed by atoms with Gasteiger partial charge < -0.3 is 30.6 Å². The van der Waals surface area contributed by atoms with Crippen LogP contribution in [0.2, 0.25) is 0 Å². The summed E-state index contributed by atoms with van der Waals surface area (Å²) in [5.74, 6) is -1.52. The Labute approximate surface area is 264 Å². The smallest absolute Gasteiger partial charge is 0.335 e. The number of carbonyl (C=O) groups is 2. The summed E-state index contributed by atoms with van der Waals surface area (Å²) in [6.45, 7) is 24.1. The molecule has 0 aromatic heterocycles. The predicted octanol–water partition coefficient (Wildman–Crippen LogP) is 7.90. The predicted molar refractivity (Wildman–Crippen MR) is 178 cm³/mol. The van der Waals surface area contributed by atoms with Crippen molar-refractivity contribution in [3.8, 4) is 11.5 Å². The molecule has 0 heterocycles. The minimum absolute atomic E-state index is 0.208. The number of hydrogen-bond donors (Lipinski definition) is 6. The molecule has 0 aliphatic carbocycles. The quantitative estimate of drug-likeness (QED) is 0.171. The van der Waals surface area contributed by atoms with Gasteiger partial charge in [-0.1, -0.05) is 95.9 Å². The van der Waals surface area contributed by atoms with Gasteiger partial charge in [0, 0.05) is 35.5 Å². The molecule has 0 spiro atoms. The minimum atomic E-state index is -0.967. The Hall–Kier alpha value is -3.10. The van der Waals surface area contributed by atoms with E-state index < -0.39 is 11.9 Å². The van der Waals surface area contributed by atoms with Crippen LogP contribution in [0.3, 0.4) is 0 Å². The Balaban J connectivity index is 0.000000679. The summed E-state index contributed by atoms with van der Waals surface area (Å²) in [4.78, 5) is 22.4. The van der Waals surface area contributed by atoms with Crippen molar-refractivity contribution in [3.63, 3.8) is 0 Å². The molecule has 6 N–H and O–H groups in total. The highest BCUT2D eigenvalue weighted by Gasteiger charge is 2.29. The largest absolute Gasteiger partial charge is 0.507 e. The monoisotopic (exact) mass is 618 g/mol. The Morgan fingerprint density at radius 2 is 0.682 bits per heavy atom. The summed E-state index contributed by atoms with van der Waals surface area (Å²) < 4.78 is 0. The van der Waals surface area contributed by atoms with Gasteiger partial charge in [-0.3, -0.25) is 0 Å². The number of unbranched alkanes of at least 4 members (excludes halogenated alkanes) is 3. The van der Waals surface area contributed by atoms with Crippen LogP contribution >= 0.6 is 0 Å². The minimum Gasteiger partial charge on any atom is -0.507 e. The number of carboxylic acids is 2. The van der Waals surface area contributed by atoms with E-state index in [0.29, 0.717) is 22.3 Å². The van der Waals surface area contributed by atoms with Gasteiger partial charge >= 0.3 is 11.9 Å². The normalized spacial score (nSPS) is 12.0. The molecule has 2 aromatic carbocycles. The van der Waals surface area contributed by atoms with E-state index in [9.17, 15) is 30.0 Å². The highest BCUT2D eigenvalue weighted by molar-refractivity contribution is 5.89. The summed E-state index contributed by atoms with van der Waals surface area (Å²) in [6, 6.07) is 6.25. The second-order valence-corrected chi connectivity index (χ2v) is 15.3. The molecule has 0 bridgehead atoms. The lowest BCUT2D eigenvalue weighted by Crippen LogP contribution is -2.18. The van der Waals surface area contributed by atoms with Crippen molar-refractivity contribution in [2.75, 3.05) is 13.2 Å². The van der Waals surface area contributed by atoms with Crippen molar-refractivity contribution < 1.29 is 40.2 Å². The molecule has 2 rings (SSSR count). The van der Waals surface area contributed by atoms with Gasteiger partial charge in [-0.2, -0.15) is 0 Å². The van der Waals surface area contributed by atoms with Crippen LogP contribution in [0.25, 0.3) is 0 Å². The third kappa shape index (κ3) is 12.9. The highest BCUT2D eigenvalue weighted by atomic mass is 16.4. The maximum Gasteiger partial charge on any atom is 0.335 e. The molecule has 0 atom stereocenters. The van der Waals surface area contributed by atoms with E-state index in [2.05, 4.69) is 0 Å². The molecule has 0 radical (unpaired) electrons. The number of carboxylic acid groups (broad SMARTS) is 2. The first kappa shape index (κ1) is 40.9. The highest BCUT2D eigenvalue weighted by Crippen LogP contribution is 2.41. The molecule has 0 fully saturated rings. The van der Waals surface area contributed by atoms with Gasteiger partial charge in [0.25, 0.3) is 0 Å². The van der Waals surface area contributed by atoms with Gasteiger partial charge in [0.2, 0.25) is 0 Å². The number of aromatic hydroxyl groups is 2. The number of hydrogen-bond acceptors (Lipinski definition) is 6. The zero-order chi connectivity index (χ0) is 34.8. The average Bonchev–Trinajstić information content (AvgIpc) is 2.84. The number of rotatable bonds is 7. The van der Waals surface area contributed by atoms with Crippen LogP contribution < -0.4 is 0 Å². The van der Waals surface area contributed by atoms with Gasteiger partial charge in [0.15, 0.2) is 0 Å². The van der Waals surface area contributed by atoms with Crippen LogP contribution in [-0.2, 0) is 21.7 Å². The van der Waals surface area contributed by atoms with Crippen molar-refractivity contribution >= 4 is 11.9 Å². The van der Waals surface area contributed by atoms with Crippen molar-refractivity contribution in [2.24, 2.45) is 0 Å². The zero-order valence-electron chi connectivity index (χ0n) is 29.1. The summed E-state index contributed by atoms with van der Waals surface area (Å²) in [5.41, 5.74) is 1.96. The summed E-state index contributed by atoms with van der Waals surface area (Å²) in [6.07, 6.45) is 3.83. The first-order chi connectivity index (χ1) is 19.8. The van der Waals surface area contributed by atoms with Crippen molar-refractivity contribution in [1.82, 2.24) is 0 Å². The van der Waals surface area contributed by atoms with Gasteiger partial charge in [-0.25, -0.2) is 9.59 Å². The van der Waals surface area contributed by atoms with Crippen LogP contribution in [0.1, 0.15) is 152 Å². The van der Waals surface area contributed by atoms with E-state index in [1.807, 2.05) is 83.1 Å². The van der Waals surface area contributed by atoms with Crippen molar-refractivity contribution in [3.05, 3.63) is 57.6 Å². The van der Waals surface area contributed by atoms with Gasteiger partial charge in [0.1, 0.15) is 11.5 Å². The lowest BCUT2D eigenvalue weighted by Gasteiger charge is -2.27. The van der Waals surface area contributed by atoms with Crippen LogP contribution in [0.15, 0.2) is 24.3 Å². The number of phenolic OH excluding ortho intramolecular Hbond substituents is 2. The molecule has 0 amide bonds. The number of phenols is 2. The maximum atomic E-state index is 11.2. The van der Waals surface area contributed by atoms with Crippen LogP contribution in [0.4, 0.5) is 0 Å². The van der Waals surface area contributed by atoms with E-state index >= 15 is 0 Å². The summed E-state index contributed by atoms with van der Waals surface area (Å²) in [5, 5.41) is 55.7. The second-order valence-electron chi connectivity index (χ2n) is 15.3. The molecule has 0 aliphatic heterocycles. The molecule has 8 heteroatoms. The third-order valence-corrected chi connectivity index (χ3v) is 7.01. The Morgan fingerprint density at radius 3 is 0.818 bits per heavy atom. The van der Waals surface area contributed by atoms with E-state index in [4.69, 9.17) is 10.2 Å². The molecule has 0 aliphatic rings. The topological polar surface area (TPSA) is 156 Å². The van der Waals surface area contributed by atoms with Gasteiger partial charge in [-0.05, 0) is 58.8 Å². The molecule has 2 aromatic rings. The fourth-order valence-electron chi connectivity index (χ4n) is 4.38. The standard InChI is InChI=1S/2C15H22O3.C6H14O2/c2*1-14(2,3)10-7-9(13(17)18)8-11(12(10)16)15(4,5)6;7-5-3-1-2-4-6-8/h2*7-8,16H,1-6H3,(H,17,18);7-8H,1-6H2. The summed E-state index contributed by atoms with van der Waals surface area (Å²) in [7, 11) is 0. The first-order valence-corrected chi connectivity index (χ1v) is 15.2.